The summed E-state index contributed by atoms with van der Waals surface area (Å²) in [6.45, 7) is 12.7. The molecule has 0 aromatic heterocycles. The molecular weight excluding hydrogens is 308 g/mol. The van der Waals surface area contributed by atoms with E-state index in [2.05, 4.69) is 52.8 Å². The molecule has 0 fully saturated rings. The van der Waals surface area contributed by atoms with Crippen LogP contribution in [0.2, 0.25) is 0 Å². The third-order valence-corrected chi connectivity index (χ3v) is 4.17. The summed E-state index contributed by atoms with van der Waals surface area (Å²) in [7, 11) is 0. The van der Waals surface area contributed by atoms with Gasteiger partial charge < -0.3 is 4.74 Å². The van der Waals surface area contributed by atoms with Crippen LogP contribution in [0.5, 0.6) is 5.75 Å². The normalized spacial score (nSPS) is 12.0. The van der Waals surface area contributed by atoms with Gasteiger partial charge in [-0.15, -0.1) is 0 Å². The van der Waals surface area contributed by atoms with Gasteiger partial charge in [-0.05, 0) is 41.5 Å². The molecular formula is C23H28O2. The van der Waals surface area contributed by atoms with Gasteiger partial charge in [0.1, 0.15) is 5.75 Å². The van der Waals surface area contributed by atoms with E-state index in [4.69, 9.17) is 4.74 Å². The molecule has 0 radical (unpaired) electrons. The van der Waals surface area contributed by atoms with E-state index in [1.165, 1.54) is 11.6 Å². The Morgan fingerprint density at radius 1 is 1.04 bits per heavy atom. The summed E-state index contributed by atoms with van der Waals surface area (Å²) in [5, 5.41) is 0. The fraction of sp³-hybridized carbons (Fsp3) is 0.348. The Bertz CT molecular complexity index is 760. The Kier molecular flexibility index (Phi) is 5.84. The van der Waals surface area contributed by atoms with E-state index in [0.717, 1.165) is 16.7 Å². The van der Waals surface area contributed by atoms with Gasteiger partial charge in [0, 0.05) is 11.6 Å². The van der Waals surface area contributed by atoms with Crippen molar-refractivity contribution in [3.63, 3.8) is 0 Å². The molecule has 0 unspecified atom stereocenters. The third-order valence-electron chi connectivity index (χ3n) is 4.17. The van der Waals surface area contributed by atoms with Crippen LogP contribution in [0.4, 0.5) is 0 Å². The maximum Gasteiger partial charge on any atom is 0.336 e. The van der Waals surface area contributed by atoms with Gasteiger partial charge in [-0.3, -0.25) is 0 Å². The monoisotopic (exact) mass is 336 g/mol. The van der Waals surface area contributed by atoms with Crippen molar-refractivity contribution in [2.45, 2.75) is 52.9 Å². The highest BCUT2D eigenvalue weighted by Gasteiger charge is 2.20. The van der Waals surface area contributed by atoms with Gasteiger partial charge in [-0.1, -0.05) is 76.6 Å². The summed E-state index contributed by atoms with van der Waals surface area (Å²) in [5.74, 6) is 0.769. The van der Waals surface area contributed by atoms with E-state index >= 15 is 0 Å². The van der Waals surface area contributed by atoms with Crippen LogP contribution in [0, 0.1) is 6.92 Å². The van der Waals surface area contributed by atoms with Crippen LogP contribution >= 0.6 is 0 Å². The molecule has 0 aliphatic heterocycles. The van der Waals surface area contributed by atoms with Crippen molar-refractivity contribution in [2.75, 3.05) is 0 Å². The minimum absolute atomic E-state index is 0.0853. The van der Waals surface area contributed by atoms with E-state index < -0.39 is 0 Å². The van der Waals surface area contributed by atoms with Crippen molar-refractivity contribution in [1.82, 2.24) is 0 Å². The number of esters is 1. The fourth-order valence-electron chi connectivity index (χ4n) is 2.62. The molecule has 0 bridgehead atoms. The minimum atomic E-state index is -0.359. The van der Waals surface area contributed by atoms with Gasteiger partial charge in [-0.2, -0.15) is 0 Å². The lowest BCUT2D eigenvalue weighted by Gasteiger charge is -2.22. The number of rotatable bonds is 4. The quantitative estimate of drug-likeness (QED) is 0.387. The van der Waals surface area contributed by atoms with E-state index in [1.54, 1.807) is 6.08 Å². The zero-order valence-electron chi connectivity index (χ0n) is 16.1. The van der Waals surface area contributed by atoms with Gasteiger partial charge >= 0.3 is 5.97 Å². The number of carbonyl (C=O) groups is 1. The van der Waals surface area contributed by atoms with Gasteiger partial charge in [0.2, 0.25) is 0 Å². The van der Waals surface area contributed by atoms with Gasteiger partial charge in [0.05, 0.1) is 0 Å². The number of hydrogen-bond acceptors (Lipinski definition) is 2. The highest BCUT2D eigenvalue weighted by Crippen LogP contribution is 2.32. The Labute approximate surface area is 151 Å². The Morgan fingerprint density at radius 2 is 1.68 bits per heavy atom. The maximum absolute atomic E-state index is 12.2. The lowest BCUT2D eigenvalue weighted by molar-refractivity contribution is -0.128. The highest BCUT2D eigenvalue weighted by molar-refractivity contribution is 5.89. The van der Waals surface area contributed by atoms with Crippen molar-refractivity contribution < 1.29 is 9.53 Å². The third kappa shape index (κ3) is 5.32. The second kappa shape index (κ2) is 7.69. The van der Waals surface area contributed by atoms with E-state index in [9.17, 15) is 4.79 Å². The van der Waals surface area contributed by atoms with Crippen LogP contribution in [0.3, 0.4) is 0 Å². The Morgan fingerprint density at radius 3 is 2.24 bits per heavy atom. The molecule has 0 aliphatic rings. The van der Waals surface area contributed by atoms with Gasteiger partial charge in [0.25, 0.3) is 0 Å². The molecule has 0 N–H and O–H groups in total. The summed E-state index contributed by atoms with van der Waals surface area (Å²) in [4.78, 5) is 12.2. The molecule has 0 heterocycles. The molecule has 2 heteroatoms. The number of carbonyl (C=O) groups excluding carboxylic acids is 1. The zero-order chi connectivity index (χ0) is 18.6. The SMILES string of the molecule is Cc1ccc(OC(=O)/C=C/c2ccc(C(C)C)cc2)c(C(C)(C)C)c1. The molecule has 2 nitrogen and oxygen atoms in total. The standard InChI is InChI=1S/C23H28O2/c1-16(2)19-11-8-18(9-12-19)10-14-22(24)25-21-13-7-17(3)15-20(21)23(4,5)6/h7-16H,1-6H3/b14-10+. The van der Waals surface area contributed by atoms with E-state index in [-0.39, 0.29) is 11.4 Å². The summed E-state index contributed by atoms with van der Waals surface area (Å²) < 4.78 is 5.58. The number of ether oxygens (including phenoxy) is 1. The Balaban J connectivity index is 2.12. The fourth-order valence-corrected chi connectivity index (χ4v) is 2.62. The summed E-state index contributed by atoms with van der Waals surface area (Å²) in [5.41, 5.74) is 4.38. The van der Waals surface area contributed by atoms with Crippen LogP contribution < -0.4 is 4.74 Å². The summed E-state index contributed by atoms with van der Waals surface area (Å²) in [6.07, 6.45) is 3.27. The van der Waals surface area contributed by atoms with Gasteiger partial charge in [0.15, 0.2) is 0 Å². The topological polar surface area (TPSA) is 26.3 Å². The first-order valence-corrected chi connectivity index (χ1v) is 8.78. The second-order valence-electron chi connectivity index (χ2n) is 7.83. The first-order valence-electron chi connectivity index (χ1n) is 8.78. The van der Waals surface area contributed by atoms with Crippen LogP contribution in [0.25, 0.3) is 6.08 Å². The summed E-state index contributed by atoms with van der Waals surface area (Å²) >= 11 is 0. The molecule has 0 saturated heterocycles. The molecule has 132 valence electrons. The van der Waals surface area contributed by atoms with Crippen molar-refractivity contribution in [3.05, 3.63) is 70.8 Å². The molecule has 0 spiro atoms. The van der Waals surface area contributed by atoms with Crippen LogP contribution in [0.15, 0.2) is 48.5 Å². The number of benzene rings is 2. The average Bonchev–Trinajstić information content (AvgIpc) is 2.54. The average molecular weight is 336 g/mol. The lowest BCUT2D eigenvalue weighted by Crippen LogP contribution is -2.15. The first-order chi connectivity index (χ1) is 11.7. The van der Waals surface area contributed by atoms with Crippen LogP contribution in [-0.2, 0) is 10.2 Å². The molecule has 0 aliphatic carbocycles. The predicted octanol–water partition coefficient (Wildman–Crippen LogP) is 6.03. The molecule has 25 heavy (non-hydrogen) atoms. The molecule has 0 atom stereocenters. The van der Waals surface area contributed by atoms with Crippen LogP contribution in [-0.4, -0.2) is 5.97 Å². The van der Waals surface area contributed by atoms with Gasteiger partial charge in [-0.25, -0.2) is 4.79 Å². The molecule has 2 aromatic carbocycles. The minimum Gasteiger partial charge on any atom is -0.423 e. The second-order valence-corrected chi connectivity index (χ2v) is 7.83. The van der Waals surface area contributed by atoms with E-state index in [0.29, 0.717) is 11.7 Å². The van der Waals surface area contributed by atoms with E-state index in [1.807, 2.05) is 31.2 Å². The van der Waals surface area contributed by atoms with Crippen molar-refractivity contribution in [2.24, 2.45) is 0 Å². The number of hydrogen-bond donors (Lipinski definition) is 0. The molecule has 0 amide bonds. The number of aryl methyl sites for hydroxylation is 1. The van der Waals surface area contributed by atoms with Crippen molar-refractivity contribution in [3.8, 4) is 5.75 Å². The molecule has 2 aromatic rings. The largest absolute Gasteiger partial charge is 0.423 e. The Hall–Kier alpha value is -2.35. The molecule has 2 rings (SSSR count). The van der Waals surface area contributed by atoms with Crippen LogP contribution in [0.1, 0.15) is 62.8 Å². The predicted molar refractivity (Wildman–Crippen MR) is 105 cm³/mol. The first kappa shape index (κ1) is 19.0. The summed E-state index contributed by atoms with van der Waals surface area (Å²) in [6, 6.07) is 14.1. The lowest BCUT2D eigenvalue weighted by atomic mass is 9.85. The van der Waals surface area contributed by atoms with Crippen molar-refractivity contribution >= 4 is 12.0 Å². The smallest absolute Gasteiger partial charge is 0.336 e. The maximum atomic E-state index is 12.2. The van der Waals surface area contributed by atoms with Crippen molar-refractivity contribution in [1.29, 1.82) is 0 Å². The molecule has 0 saturated carbocycles. The highest BCUT2D eigenvalue weighted by atomic mass is 16.5. The zero-order valence-corrected chi connectivity index (χ0v) is 16.1.